The van der Waals surface area contributed by atoms with Gasteiger partial charge < -0.3 is 10.4 Å². The number of aromatic nitrogens is 1. The molecule has 1 atom stereocenters. The van der Waals surface area contributed by atoms with Crippen molar-refractivity contribution in [1.82, 2.24) is 10.3 Å². The molecule has 0 radical (unpaired) electrons. The molecule has 0 unspecified atom stereocenters. The summed E-state index contributed by atoms with van der Waals surface area (Å²) in [6.45, 7) is 4.06. The number of aliphatic hydroxyl groups is 1. The molecule has 2 N–H and O–H groups in total. The van der Waals surface area contributed by atoms with Crippen molar-refractivity contribution >= 4 is 21.8 Å². The minimum atomic E-state index is -0.710. The minimum absolute atomic E-state index is 0.162. The first-order valence-electron chi connectivity index (χ1n) is 7.09. The second-order valence-corrected chi connectivity index (χ2v) is 6.14. The van der Waals surface area contributed by atoms with E-state index in [0.29, 0.717) is 5.69 Å². The third-order valence-corrected chi connectivity index (χ3v) is 4.06. The lowest BCUT2D eigenvalue weighted by Crippen LogP contribution is -2.30. The molecule has 0 bridgehead atoms. The summed E-state index contributed by atoms with van der Waals surface area (Å²) in [6.07, 6.45) is -0.526. The molecule has 1 aromatic heterocycles. The van der Waals surface area contributed by atoms with Crippen LogP contribution in [0.1, 0.15) is 28.6 Å². The number of carbonyl (C=O) groups excluding carboxylic acids is 1. The molecule has 1 amide bonds. The van der Waals surface area contributed by atoms with E-state index in [-0.39, 0.29) is 18.9 Å². The first-order chi connectivity index (χ1) is 10.5. The average molecular weight is 363 g/mol. The maximum atomic E-state index is 12.0. The highest BCUT2D eigenvalue weighted by atomic mass is 79.9. The Balaban J connectivity index is 1.89. The molecule has 0 spiro atoms. The van der Waals surface area contributed by atoms with Gasteiger partial charge in [0.15, 0.2) is 0 Å². The van der Waals surface area contributed by atoms with Gasteiger partial charge in [-0.05, 0) is 47.5 Å². The van der Waals surface area contributed by atoms with Crippen LogP contribution < -0.4 is 5.32 Å². The van der Waals surface area contributed by atoms with Crippen molar-refractivity contribution in [3.63, 3.8) is 0 Å². The zero-order valence-electron chi connectivity index (χ0n) is 12.6. The Bertz CT molecular complexity index is 656. The van der Waals surface area contributed by atoms with Crippen molar-refractivity contribution in [3.05, 3.63) is 63.4 Å². The van der Waals surface area contributed by atoms with E-state index in [4.69, 9.17) is 0 Å². The highest BCUT2D eigenvalue weighted by Crippen LogP contribution is 2.16. The molecular formula is C17H19BrN2O2. The smallest absolute Gasteiger partial charge is 0.226 e. The van der Waals surface area contributed by atoms with Crippen molar-refractivity contribution < 1.29 is 9.90 Å². The van der Waals surface area contributed by atoms with Gasteiger partial charge in [0.1, 0.15) is 0 Å². The van der Waals surface area contributed by atoms with Gasteiger partial charge in [-0.25, -0.2) is 0 Å². The van der Waals surface area contributed by atoms with E-state index in [0.717, 1.165) is 21.3 Å². The molecular weight excluding hydrogens is 344 g/mol. The van der Waals surface area contributed by atoms with Crippen LogP contribution in [0.15, 0.2) is 40.9 Å². The molecule has 2 rings (SSSR count). The molecule has 0 aliphatic rings. The number of pyridine rings is 1. The number of halogens is 1. The molecule has 116 valence electrons. The van der Waals surface area contributed by atoms with Gasteiger partial charge in [-0.15, -0.1) is 0 Å². The number of hydrogen-bond donors (Lipinski definition) is 2. The normalized spacial score (nSPS) is 12.0. The van der Waals surface area contributed by atoms with E-state index < -0.39 is 6.10 Å². The van der Waals surface area contributed by atoms with Crippen LogP contribution in [0, 0.1) is 13.8 Å². The largest absolute Gasteiger partial charge is 0.387 e. The zero-order valence-corrected chi connectivity index (χ0v) is 14.2. The number of aliphatic hydroxyl groups excluding tert-OH is 1. The summed E-state index contributed by atoms with van der Waals surface area (Å²) < 4.78 is 0.812. The maximum absolute atomic E-state index is 12.0. The monoisotopic (exact) mass is 362 g/mol. The molecule has 0 aliphatic carbocycles. The van der Waals surface area contributed by atoms with E-state index >= 15 is 0 Å². The Morgan fingerprint density at radius 3 is 2.59 bits per heavy atom. The van der Waals surface area contributed by atoms with E-state index in [1.165, 1.54) is 0 Å². The van der Waals surface area contributed by atoms with Gasteiger partial charge in [0, 0.05) is 16.7 Å². The van der Waals surface area contributed by atoms with Gasteiger partial charge in [0.25, 0.3) is 0 Å². The van der Waals surface area contributed by atoms with Crippen molar-refractivity contribution in [2.24, 2.45) is 0 Å². The van der Waals surface area contributed by atoms with Crippen LogP contribution in [0.25, 0.3) is 0 Å². The second-order valence-electron chi connectivity index (χ2n) is 5.29. The highest BCUT2D eigenvalue weighted by Gasteiger charge is 2.12. The summed E-state index contributed by atoms with van der Waals surface area (Å²) in [5.41, 5.74) is 3.49. The molecule has 4 nitrogen and oxygen atoms in total. The summed E-state index contributed by atoms with van der Waals surface area (Å²) in [5.74, 6) is -0.162. The fourth-order valence-corrected chi connectivity index (χ4v) is 2.41. The van der Waals surface area contributed by atoms with Crippen LogP contribution in [0.3, 0.4) is 0 Å². The summed E-state index contributed by atoms with van der Waals surface area (Å²) in [7, 11) is 0. The number of amides is 1. The first-order valence-corrected chi connectivity index (χ1v) is 7.88. The van der Waals surface area contributed by atoms with Crippen LogP contribution in [-0.4, -0.2) is 22.5 Å². The maximum Gasteiger partial charge on any atom is 0.226 e. The van der Waals surface area contributed by atoms with Crippen LogP contribution in [-0.2, 0) is 11.2 Å². The van der Waals surface area contributed by atoms with E-state index in [1.807, 2.05) is 50.2 Å². The fourth-order valence-electron chi connectivity index (χ4n) is 2.05. The number of aryl methyl sites for hydroxylation is 2. The molecule has 2 aromatic rings. The van der Waals surface area contributed by atoms with Crippen LogP contribution in [0.2, 0.25) is 0 Å². The van der Waals surface area contributed by atoms with E-state index in [9.17, 15) is 9.90 Å². The third-order valence-electron chi connectivity index (χ3n) is 3.34. The van der Waals surface area contributed by atoms with Gasteiger partial charge in [0.2, 0.25) is 5.91 Å². The zero-order chi connectivity index (χ0) is 16.1. The van der Waals surface area contributed by atoms with Gasteiger partial charge in [-0.2, -0.15) is 0 Å². The number of nitrogens with one attached hydrogen (secondary N) is 1. The number of carbonyl (C=O) groups is 1. The summed E-state index contributed by atoms with van der Waals surface area (Å²) in [4.78, 5) is 16.3. The van der Waals surface area contributed by atoms with Gasteiger partial charge >= 0.3 is 0 Å². The van der Waals surface area contributed by atoms with Gasteiger partial charge in [-0.1, -0.05) is 29.8 Å². The number of hydrogen-bond acceptors (Lipinski definition) is 3. The predicted octanol–water partition coefficient (Wildman–Crippen LogP) is 2.85. The average Bonchev–Trinajstić information content (AvgIpc) is 2.49. The van der Waals surface area contributed by atoms with Crippen LogP contribution >= 0.6 is 15.9 Å². The Labute approximate surface area is 138 Å². The Morgan fingerprint density at radius 1 is 1.23 bits per heavy atom. The molecule has 5 heteroatoms. The van der Waals surface area contributed by atoms with Crippen molar-refractivity contribution in [3.8, 4) is 0 Å². The van der Waals surface area contributed by atoms with Gasteiger partial charge in [-0.3, -0.25) is 9.78 Å². The summed E-state index contributed by atoms with van der Waals surface area (Å²) in [5, 5.41) is 12.8. The minimum Gasteiger partial charge on any atom is -0.387 e. The molecule has 1 heterocycles. The molecule has 0 saturated heterocycles. The quantitative estimate of drug-likeness (QED) is 0.859. The van der Waals surface area contributed by atoms with E-state index in [2.05, 4.69) is 26.2 Å². The van der Waals surface area contributed by atoms with E-state index in [1.54, 1.807) is 0 Å². The molecule has 0 saturated carbocycles. The van der Waals surface area contributed by atoms with Crippen LogP contribution in [0.5, 0.6) is 0 Å². The SMILES string of the molecule is Cc1ccc([C@@H](O)CNC(=O)Cc2nc(C)ccc2Br)cc1. The summed E-state index contributed by atoms with van der Waals surface area (Å²) in [6, 6.07) is 11.4. The topological polar surface area (TPSA) is 62.2 Å². The first kappa shape index (κ1) is 16.6. The molecule has 0 fully saturated rings. The summed E-state index contributed by atoms with van der Waals surface area (Å²) >= 11 is 3.39. The van der Waals surface area contributed by atoms with Gasteiger partial charge in [0.05, 0.1) is 18.2 Å². The van der Waals surface area contributed by atoms with Crippen molar-refractivity contribution in [1.29, 1.82) is 0 Å². The van der Waals surface area contributed by atoms with Crippen molar-refractivity contribution in [2.45, 2.75) is 26.4 Å². The molecule has 0 aliphatic heterocycles. The lowest BCUT2D eigenvalue weighted by Gasteiger charge is -2.13. The molecule has 22 heavy (non-hydrogen) atoms. The Morgan fingerprint density at radius 2 is 1.91 bits per heavy atom. The third kappa shape index (κ3) is 4.64. The standard InChI is InChI=1S/C17H19BrN2O2/c1-11-3-6-13(7-4-11)16(21)10-19-17(22)9-15-14(18)8-5-12(2)20-15/h3-8,16,21H,9-10H2,1-2H3,(H,19,22)/t16-/m0/s1. The molecule has 1 aromatic carbocycles. The lowest BCUT2D eigenvalue weighted by atomic mass is 10.1. The highest BCUT2D eigenvalue weighted by molar-refractivity contribution is 9.10. The number of benzene rings is 1. The van der Waals surface area contributed by atoms with Crippen LogP contribution in [0.4, 0.5) is 0 Å². The Kier molecular flexibility index (Phi) is 5.69. The second kappa shape index (κ2) is 7.51. The fraction of sp³-hybridized carbons (Fsp3) is 0.294. The Hall–Kier alpha value is -1.72. The number of nitrogens with zero attached hydrogens (tertiary/aromatic N) is 1. The number of rotatable bonds is 5. The lowest BCUT2D eigenvalue weighted by molar-refractivity contribution is -0.121. The van der Waals surface area contributed by atoms with Crippen molar-refractivity contribution in [2.75, 3.05) is 6.54 Å². The predicted molar refractivity (Wildman–Crippen MR) is 89.5 cm³/mol.